The van der Waals surface area contributed by atoms with Crippen molar-refractivity contribution in [2.75, 3.05) is 11.9 Å². The van der Waals surface area contributed by atoms with E-state index in [4.69, 9.17) is 0 Å². The Labute approximate surface area is 104 Å². The van der Waals surface area contributed by atoms with Gasteiger partial charge in [-0.15, -0.1) is 0 Å². The molecule has 1 fully saturated rings. The lowest BCUT2D eigenvalue weighted by Crippen LogP contribution is -2.33. The first kappa shape index (κ1) is 11.2. The third-order valence-corrected chi connectivity index (χ3v) is 3.65. The standard InChI is InChI=1S/C12H16INO/c13-10-4-3-5-11(8-10)14-9-12(15)6-1-2-7-12/h3-5,8,14-15H,1-2,6-7,9H2. The van der Waals surface area contributed by atoms with Crippen molar-refractivity contribution in [3.05, 3.63) is 27.8 Å². The second kappa shape index (κ2) is 4.70. The Morgan fingerprint density at radius 1 is 1.33 bits per heavy atom. The Morgan fingerprint density at radius 2 is 2.07 bits per heavy atom. The van der Waals surface area contributed by atoms with Gasteiger partial charge in [0.25, 0.3) is 0 Å². The summed E-state index contributed by atoms with van der Waals surface area (Å²) < 4.78 is 1.22. The Balaban J connectivity index is 1.92. The van der Waals surface area contributed by atoms with Gasteiger partial charge in [0, 0.05) is 15.8 Å². The fourth-order valence-corrected chi connectivity index (χ4v) is 2.62. The number of benzene rings is 1. The van der Waals surface area contributed by atoms with Crippen LogP contribution in [-0.4, -0.2) is 17.3 Å². The van der Waals surface area contributed by atoms with Crippen LogP contribution in [0.4, 0.5) is 5.69 Å². The normalized spacial score (nSPS) is 19.1. The van der Waals surface area contributed by atoms with Crippen LogP contribution in [0.2, 0.25) is 0 Å². The molecule has 0 heterocycles. The van der Waals surface area contributed by atoms with E-state index in [1.807, 2.05) is 12.1 Å². The van der Waals surface area contributed by atoms with E-state index < -0.39 is 5.60 Å². The summed E-state index contributed by atoms with van der Waals surface area (Å²) in [7, 11) is 0. The number of anilines is 1. The molecule has 0 bridgehead atoms. The van der Waals surface area contributed by atoms with Crippen LogP contribution in [0.25, 0.3) is 0 Å². The minimum atomic E-state index is -0.471. The molecular formula is C12H16INO. The van der Waals surface area contributed by atoms with Gasteiger partial charge in [-0.3, -0.25) is 0 Å². The highest BCUT2D eigenvalue weighted by Gasteiger charge is 2.30. The predicted molar refractivity (Wildman–Crippen MR) is 71.1 cm³/mol. The SMILES string of the molecule is OC1(CNc2cccc(I)c2)CCCC1. The topological polar surface area (TPSA) is 32.3 Å². The summed E-state index contributed by atoms with van der Waals surface area (Å²) in [5.41, 5.74) is 0.628. The lowest BCUT2D eigenvalue weighted by Gasteiger charge is -2.23. The van der Waals surface area contributed by atoms with Crippen molar-refractivity contribution < 1.29 is 5.11 Å². The van der Waals surface area contributed by atoms with Gasteiger partial charge in [0.05, 0.1) is 5.60 Å². The number of aliphatic hydroxyl groups is 1. The molecule has 2 nitrogen and oxygen atoms in total. The fraction of sp³-hybridized carbons (Fsp3) is 0.500. The highest BCUT2D eigenvalue weighted by Crippen LogP contribution is 2.29. The van der Waals surface area contributed by atoms with E-state index in [1.165, 1.54) is 3.57 Å². The van der Waals surface area contributed by atoms with Crippen LogP contribution in [0, 0.1) is 3.57 Å². The average molecular weight is 317 g/mol. The zero-order chi connectivity index (χ0) is 10.7. The molecule has 2 N–H and O–H groups in total. The van der Waals surface area contributed by atoms with Crippen LogP contribution < -0.4 is 5.32 Å². The van der Waals surface area contributed by atoms with Crippen LogP contribution in [0.5, 0.6) is 0 Å². The zero-order valence-corrected chi connectivity index (χ0v) is 10.8. The number of halogens is 1. The van der Waals surface area contributed by atoms with Gasteiger partial charge in [0.2, 0.25) is 0 Å². The van der Waals surface area contributed by atoms with Gasteiger partial charge >= 0.3 is 0 Å². The van der Waals surface area contributed by atoms with E-state index in [9.17, 15) is 5.11 Å². The Bertz CT molecular complexity index is 334. The molecule has 0 unspecified atom stereocenters. The van der Waals surface area contributed by atoms with E-state index in [0.717, 1.165) is 31.4 Å². The van der Waals surface area contributed by atoms with Crippen LogP contribution in [0.15, 0.2) is 24.3 Å². The van der Waals surface area contributed by atoms with Crippen molar-refractivity contribution in [3.63, 3.8) is 0 Å². The van der Waals surface area contributed by atoms with E-state index in [0.29, 0.717) is 6.54 Å². The third kappa shape index (κ3) is 3.08. The van der Waals surface area contributed by atoms with Gasteiger partial charge in [0.1, 0.15) is 0 Å². The number of rotatable bonds is 3. The molecule has 0 aromatic heterocycles. The molecule has 1 saturated carbocycles. The van der Waals surface area contributed by atoms with Gasteiger partial charge in [0.15, 0.2) is 0 Å². The van der Waals surface area contributed by atoms with Crippen molar-refractivity contribution in [2.45, 2.75) is 31.3 Å². The molecule has 1 aromatic rings. The molecule has 0 saturated heterocycles. The van der Waals surface area contributed by atoms with E-state index in [-0.39, 0.29) is 0 Å². The third-order valence-electron chi connectivity index (χ3n) is 2.98. The zero-order valence-electron chi connectivity index (χ0n) is 8.67. The molecule has 0 aliphatic heterocycles. The Morgan fingerprint density at radius 3 is 2.73 bits per heavy atom. The predicted octanol–water partition coefficient (Wildman–Crippen LogP) is 3.01. The summed E-state index contributed by atoms with van der Waals surface area (Å²) in [4.78, 5) is 0. The van der Waals surface area contributed by atoms with Crippen LogP contribution >= 0.6 is 22.6 Å². The maximum absolute atomic E-state index is 10.2. The molecule has 3 heteroatoms. The van der Waals surface area contributed by atoms with Crippen molar-refractivity contribution in [1.82, 2.24) is 0 Å². The van der Waals surface area contributed by atoms with Crippen molar-refractivity contribution >= 4 is 28.3 Å². The van der Waals surface area contributed by atoms with Crippen LogP contribution in [0.3, 0.4) is 0 Å². The second-order valence-corrected chi connectivity index (χ2v) is 5.54. The first-order valence-corrected chi connectivity index (χ1v) is 6.48. The quantitative estimate of drug-likeness (QED) is 0.840. The minimum Gasteiger partial charge on any atom is -0.388 e. The highest BCUT2D eigenvalue weighted by molar-refractivity contribution is 14.1. The second-order valence-electron chi connectivity index (χ2n) is 4.30. The van der Waals surface area contributed by atoms with Gasteiger partial charge in [-0.1, -0.05) is 18.9 Å². The smallest absolute Gasteiger partial charge is 0.0819 e. The lowest BCUT2D eigenvalue weighted by atomic mass is 10.0. The largest absolute Gasteiger partial charge is 0.388 e. The van der Waals surface area contributed by atoms with Gasteiger partial charge in [-0.25, -0.2) is 0 Å². The fourth-order valence-electron chi connectivity index (χ4n) is 2.07. The molecule has 0 radical (unpaired) electrons. The monoisotopic (exact) mass is 317 g/mol. The molecule has 0 amide bonds. The van der Waals surface area contributed by atoms with E-state index in [1.54, 1.807) is 0 Å². The molecule has 1 aliphatic carbocycles. The summed E-state index contributed by atoms with van der Waals surface area (Å²) in [6.07, 6.45) is 4.18. The molecule has 1 aromatic carbocycles. The average Bonchev–Trinajstić information content (AvgIpc) is 2.63. The first-order chi connectivity index (χ1) is 7.18. The van der Waals surface area contributed by atoms with E-state index in [2.05, 4.69) is 40.0 Å². The molecular weight excluding hydrogens is 301 g/mol. The molecule has 1 aliphatic rings. The summed E-state index contributed by atoms with van der Waals surface area (Å²) >= 11 is 2.29. The van der Waals surface area contributed by atoms with E-state index >= 15 is 0 Å². The molecule has 2 rings (SSSR count). The summed E-state index contributed by atoms with van der Waals surface area (Å²) in [6.45, 7) is 0.674. The molecule has 0 spiro atoms. The molecule has 15 heavy (non-hydrogen) atoms. The maximum Gasteiger partial charge on any atom is 0.0819 e. The van der Waals surface area contributed by atoms with Crippen molar-refractivity contribution in [2.24, 2.45) is 0 Å². The number of hydrogen-bond donors (Lipinski definition) is 2. The van der Waals surface area contributed by atoms with Gasteiger partial charge in [-0.05, 0) is 53.6 Å². The summed E-state index contributed by atoms with van der Waals surface area (Å²) in [5.74, 6) is 0. The van der Waals surface area contributed by atoms with Crippen LogP contribution in [-0.2, 0) is 0 Å². The highest BCUT2D eigenvalue weighted by atomic mass is 127. The lowest BCUT2D eigenvalue weighted by molar-refractivity contribution is 0.0615. The van der Waals surface area contributed by atoms with Crippen molar-refractivity contribution in [3.8, 4) is 0 Å². The number of nitrogens with one attached hydrogen (secondary N) is 1. The summed E-state index contributed by atoms with van der Waals surface area (Å²) in [6, 6.07) is 8.23. The maximum atomic E-state index is 10.2. The Hall–Kier alpha value is -0.290. The van der Waals surface area contributed by atoms with Crippen LogP contribution in [0.1, 0.15) is 25.7 Å². The Kier molecular flexibility index (Phi) is 3.51. The summed E-state index contributed by atoms with van der Waals surface area (Å²) in [5, 5.41) is 13.5. The molecule has 82 valence electrons. The minimum absolute atomic E-state index is 0.471. The molecule has 0 atom stereocenters. The van der Waals surface area contributed by atoms with Gasteiger partial charge < -0.3 is 10.4 Å². The van der Waals surface area contributed by atoms with Gasteiger partial charge in [-0.2, -0.15) is 0 Å². The van der Waals surface area contributed by atoms with Crippen molar-refractivity contribution in [1.29, 1.82) is 0 Å². The first-order valence-electron chi connectivity index (χ1n) is 5.40. The number of hydrogen-bond acceptors (Lipinski definition) is 2.